The van der Waals surface area contributed by atoms with Crippen molar-refractivity contribution in [2.75, 3.05) is 7.18 Å². The van der Waals surface area contributed by atoms with E-state index in [1.165, 1.54) is 66.5 Å². The van der Waals surface area contributed by atoms with Crippen LogP contribution in [0.15, 0.2) is 54.6 Å². The van der Waals surface area contributed by atoms with E-state index in [9.17, 15) is 4.39 Å². The van der Waals surface area contributed by atoms with Gasteiger partial charge in [-0.2, -0.15) is 4.40 Å². The van der Waals surface area contributed by atoms with E-state index in [1.54, 1.807) is 0 Å². The molecule has 3 heteroatoms. The Balaban J connectivity index is 0.00000105. The molecule has 2 nitrogen and oxygen atoms in total. The van der Waals surface area contributed by atoms with E-state index in [-0.39, 0.29) is 0 Å². The molecule has 1 unspecified atom stereocenters. The van der Waals surface area contributed by atoms with Crippen molar-refractivity contribution < 1.29 is 8.79 Å². The smallest absolute Gasteiger partial charge is 0.255 e. The summed E-state index contributed by atoms with van der Waals surface area (Å²) < 4.78 is 14.5. The molecule has 2 bridgehead atoms. The van der Waals surface area contributed by atoms with Gasteiger partial charge in [0, 0.05) is 22.8 Å². The summed E-state index contributed by atoms with van der Waals surface area (Å²) in [5.41, 5.74) is 12.4. The molecule has 0 fully saturated rings. The average Bonchev–Trinajstić information content (AvgIpc) is 3.00. The summed E-state index contributed by atoms with van der Waals surface area (Å²) in [4.78, 5) is 0. The third-order valence-electron chi connectivity index (χ3n) is 7.13. The van der Waals surface area contributed by atoms with Gasteiger partial charge in [-0.15, -0.1) is 0 Å². The molecular formula is C29H30FN2+. The van der Waals surface area contributed by atoms with Gasteiger partial charge in [0.15, 0.2) is 11.4 Å². The second kappa shape index (κ2) is 7.44. The Bertz CT molecular complexity index is 1500. The molecule has 0 aliphatic carbocycles. The Morgan fingerprint density at radius 3 is 2.28 bits per heavy atom. The lowest BCUT2D eigenvalue weighted by Gasteiger charge is -2.17. The number of benzene rings is 3. The van der Waals surface area contributed by atoms with Crippen LogP contribution in [0, 0.1) is 20.8 Å². The maximum Gasteiger partial charge on any atom is 0.295 e. The lowest BCUT2D eigenvalue weighted by molar-refractivity contribution is -0.467. The van der Waals surface area contributed by atoms with Crippen molar-refractivity contribution in [3.63, 3.8) is 0 Å². The number of aromatic nitrogens is 2. The second-order valence-electron chi connectivity index (χ2n) is 9.18. The van der Waals surface area contributed by atoms with Crippen LogP contribution in [0.4, 0.5) is 4.39 Å². The van der Waals surface area contributed by atoms with Gasteiger partial charge in [-0.25, -0.2) is 4.57 Å². The SMILES string of the molecule is CF.Cc1cc(C)c(-c2c3n(C)c4c5c(cccc5c5ccccc5[n+]24)C(C)C3)c(C)c1. The van der Waals surface area contributed by atoms with E-state index in [0.717, 1.165) is 6.42 Å². The van der Waals surface area contributed by atoms with Crippen LogP contribution in [-0.4, -0.2) is 11.7 Å². The first-order valence-corrected chi connectivity index (χ1v) is 11.3. The fourth-order valence-corrected chi connectivity index (χ4v) is 5.98. The molecule has 5 aromatic rings. The Labute approximate surface area is 188 Å². The van der Waals surface area contributed by atoms with E-state index in [1.807, 2.05) is 0 Å². The third kappa shape index (κ3) is 2.67. The highest BCUT2D eigenvalue weighted by Gasteiger charge is 2.35. The topological polar surface area (TPSA) is 9.03 Å². The summed E-state index contributed by atoms with van der Waals surface area (Å²) in [6, 6.07) is 20.4. The fraction of sp³-hybridized carbons (Fsp3) is 0.276. The van der Waals surface area contributed by atoms with E-state index in [4.69, 9.17) is 0 Å². The van der Waals surface area contributed by atoms with Crippen molar-refractivity contribution in [1.29, 1.82) is 0 Å². The first kappa shape index (κ1) is 20.7. The number of pyridine rings is 1. The first-order chi connectivity index (χ1) is 15.5. The average molecular weight is 426 g/mol. The van der Waals surface area contributed by atoms with Crippen LogP contribution in [-0.2, 0) is 13.5 Å². The summed E-state index contributed by atoms with van der Waals surface area (Å²) in [6.45, 7) is 9.11. The molecule has 1 aliphatic rings. The minimum atomic E-state index is 0.489. The Morgan fingerprint density at radius 1 is 0.906 bits per heavy atom. The van der Waals surface area contributed by atoms with E-state index in [0.29, 0.717) is 13.1 Å². The van der Waals surface area contributed by atoms with Gasteiger partial charge in [0.2, 0.25) is 0 Å². The maximum absolute atomic E-state index is 9.50. The Kier molecular flexibility index (Phi) is 4.81. The highest BCUT2D eigenvalue weighted by atomic mass is 19.1. The largest absolute Gasteiger partial charge is 0.295 e. The minimum absolute atomic E-state index is 0.489. The van der Waals surface area contributed by atoms with Crippen LogP contribution in [0.25, 0.3) is 38.6 Å². The van der Waals surface area contributed by atoms with Gasteiger partial charge in [0.1, 0.15) is 5.52 Å². The molecule has 1 atom stereocenters. The molecule has 0 N–H and O–H groups in total. The van der Waals surface area contributed by atoms with E-state index < -0.39 is 0 Å². The zero-order chi connectivity index (χ0) is 22.7. The van der Waals surface area contributed by atoms with Gasteiger partial charge in [-0.1, -0.05) is 61.0 Å². The minimum Gasteiger partial charge on any atom is -0.255 e. The van der Waals surface area contributed by atoms with Crippen molar-refractivity contribution in [2.24, 2.45) is 7.05 Å². The van der Waals surface area contributed by atoms with Crippen LogP contribution in [0.3, 0.4) is 0 Å². The van der Waals surface area contributed by atoms with Crippen molar-refractivity contribution in [3.8, 4) is 11.3 Å². The monoisotopic (exact) mass is 425 g/mol. The van der Waals surface area contributed by atoms with Gasteiger partial charge >= 0.3 is 0 Å². The van der Waals surface area contributed by atoms with Crippen molar-refractivity contribution in [2.45, 2.75) is 40.0 Å². The zero-order valence-corrected chi connectivity index (χ0v) is 19.8. The van der Waals surface area contributed by atoms with Crippen LogP contribution >= 0.6 is 0 Å². The van der Waals surface area contributed by atoms with Crippen molar-refractivity contribution in [1.82, 2.24) is 4.57 Å². The predicted molar refractivity (Wildman–Crippen MR) is 132 cm³/mol. The molecule has 162 valence electrons. The van der Waals surface area contributed by atoms with Gasteiger partial charge in [-0.05, 0) is 49.4 Å². The van der Waals surface area contributed by atoms with Gasteiger partial charge in [-0.3, -0.25) is 4.39 Å². The fourth-order valence-electron chi connectivity index (χ4n) is 5.98. The summed E-state index contributed by atoms with van der Waals surface area (Å²) in [5.74, 6) is 0.489. The number of rotatable bonds is 1. The third-order valence-corrected chi connectivity index (χ3v) is 7.13. The highest BCUT2D eigenvalue weighted by Crippen LogP contribution is 2.41. The van der Waals surface area contributed by atoms with Crippen LogP contribution < -0.4 is 4.40 Å². The summed E-state index contributed by atoms with van der Waals surface area (Å²) in [5, 5.41) is 4.12. The number of hydrogen-bond donors (Lipinski definition) is 0. The highest BCUT2D eigenvalue weighted by molar-refractivity contribution is 6.11. The molecule has 2 aromatic heterocycles. The molecule has 3 aromatic carbocycles. The first-order valence-electron chi connectivity index (χ1n) is 11.3. The molecule has 6 rings (SSSR count). The molecular weight excluding hydrogens is 395 g/mol. The lowest BCUT2D eigenvalue weighted by atomic mass is 9.88. The summed E-state index contributed by atoms with van der Waals surface area (Å²) in [6.07, 6.45) is 1.05. The normalized spacial score (nSPS) is 14.9. The number of aryl methyl sites for hydroxylation is 4. The second-order valence-corrected chi connectivity index (χ2v) is 9.18. The molecule has 1 aliphatic heterocycles. The standard InChI is InChI=1S/C28H27N2.CH3F/c1-16-13-18(3)25(19(4)14-16)27-24-15-17(2)20-10-8-11-22-21-9-6-7-12-23(21)30(27)28(26(20)22)29(24)5;1-2/h6-14,17H,15H2,1-5H3;1H3/q+1;. The molecule has 0 saturated carbocycles. The van der Waals surface area contributed by atoms with Crippen LogP contribution in [0.1, 0.15) is 40.8 Å². The number of alkyl halides is 1. The molecule has 3 heterocycles. The van der Waals surface area contributed by atoms with Gasteiger partial charge in [0.05, 0.1) is 19.6 Å². The maximum atomic E-state index is 9.50. The van der Waals surface area contributed by atoms with Crippen LogP contribution in [0.2, 0.25) is 0 Å². The van der Waals surface area contributed by atoms with Gasteiger partial charge in [0.25, 0.3) is 5.65 Å². The number of hydrogen-bond acceptors (Lipinski definition) is 0. The van der Waals surface area contributed by atoms with Crippen molar-refractivity contribution in [3.05, 3.63) is 82.5 Å². The molecule has 0 amide bonds. The predicted octanol–water partition coefficient (Wildman–Crippen LogP) is 6.91. The molecule has 0 spiro atoms. The molecule has 0 radical (unpaired) electrons. The quantitative estimate of drug-likeness (QED) is 0.204. The van der Waals surface area contributed by atoms with E-state index >= 15 is 0 Å². The number of fused-ring (bicyclic) bond motifs is 4. The van der Waals surface area contributed by atoms with Gasteiger partial charge < -0.3 is 0 Å². The summed E-state index contributed by atoms with van der Waals surface area (Å²) >= 11 is 0. The molecule has 32 heavy (non-hydrogen) atoms. The number of para-hydroxylation sites is 1. The Hall–Kier alpha value is -3.20. The van der Waals surface area contributed by atoms with Crippen molar-refractivity contribution >= 4 is 27.3 Å². The summed E-state index contributed by atoms with van der Waals surface area (Å²) in [7, 11) is 2.76. The molecule has 0 saturated heterocycles. The zero-order valence-electron chi connectivity index (χ0n) is 19.8. The van der Waals surface area contributed by atoms with Crippen LogP contribution in [0.5, 0.6) is 0 Å². The number of halogens is 1. The van der Waals surface area contributed by atoms with E-state index in [2.05, 4.69) is 98.3 Å². The Morgan fingerprint density at radius 2 is 1.56 bits per heavy atom. The lowest BCUT2D eigenvalue weighted by Crippen LogP contribution is -2.26. The number of nitrogens with zero attached hydrogens (tertiary/aromatic N) is 2. The number of imidazole rings is 1.